The topological polar surface area (TPSA) is 115 Å². The Kier molecular flexibility index (Phi) is 5.94. The molecule has 2 aromatic carbocycles. The molecule has 0 unspecified atom stereocenters. The van der Waals surface area contributed by atoms with Crippen molar-refractivity contribution in [2.45, 2.75) is 13.8 Å². The number of nitrogens with zero attached hydrogens (tertiary/aromatic N) is 3. The van der Waals surface area contributed by atoms with E-state index in [1.165, 1.54) is 6.92 Å². The normalized spacial score (nSPS) is 10.4. The molecule has 4 aromatic rings. The highest BCUT2D eigenvalue weighted by Crippen LogP contribution is 2.27. The maximum atomic E-state index is 11.2. The highest BCUT2D eigenvalue weighted by atomic mass is 16.5. The van der Waals surface area contributed by atoms with Crippen LogP contribution in [0.4, 0.5) is 23.1 Å². The van der Waals surface area contributed by atoms with Crippen LogP contribution in [0.3, 0.4) is 0 Å². The second-order valence-electron chi connectivity index (χ2n) is 7.14. The van der Waals surface area contributed by atoms with Gasteiger partial charge in [-0.15, -0.1) is 0 Å². The number of pyridine rings is 1. The SMILES string of the molecule is CC(=O)Nc1ccc(-c2cc(Nc3ccc(Oc4ccnc(C)c4)cc3)nc(N)n2)cc1. The maximum absolute atomic E-state index is 11.2. The molecule has 4 rings (SSSR count). The van der Waals surface area contributed by atoms with Gasteiger partial charge in [0, 0.05) is 47.9 Å². The molecule has 0 aliphatic rings. The van der Waals surface area contributed by atoms with E-state index in [9.17, 15) is 4.79 Å². The standard InChI is InChI=1S/C24H22N6O2/c1-15-13-21(11-12-26-15)32-20-9-7-19(8-10-20)28-23-14-22(29-24(25)30-23)17-3-5-18(6-4-17)27-16(2)31/h3-14H,1-2H3,(H,27,31)(H3,25,28,29,30). The molecule has 160 valence electrons. The number of carbonyl (C=O) groups excluding carboxylic acids is 1. The maximum Gasteiger partial charge on any atom is 0.222 e. The Bertz CT molecular complexity index is 1240. The number of aromatic nitrogens is 3. The highest BCUT2D eigenvalue weighted by molar-refractivity contribution is 5.89. The number of nitrogen functional groups attached to an aromatic ring is 1. The average Bonchev–Trinajstić information content (AvgIpc) is 2.75. The fourth-order valence-corrected chi connectivity index (χ4v) is 3.08. The van der Waals surface area contributed by atoms with E-state index >= 15 is 0 Å². The number of anilines is 4. The van der Waals surface area contributed by atoms with Crippen molar-refractivity contribution in [1.82, 2.24) is 15.0 Å². The number of benzene rings is 2. The third kappa shape index (κ3) is 5.37. The second kappa shape index (κ2) is 9.13. The molecule has 0 atom stereocenters. The van der Waals surface area contributed by atoms with Gasteiger partial charge in [0.05, 0.1) is 5.69 Å². The van der Waals surface area contributed by atoms with Crippen LogP contribution in [0.25, 0.3) is 11.3 Å². The zero-order valence-electron chi connectivity index (χ0n) is 17.7. The number of nitrogens with two attached hydrogens (primary N) is 1. The summed E-state index contributed by atoms with van der Waals surface area (Å²) in [5.74, 6) is 2.04. The Hall–Kier alpha value is -4.46. The lowest BCUT2D eigenvalue weighted by molar-refractivity contribution is -0.114. The summed E-state index contributed by atoms with van der Waals surface area (Å²) in [5.41, 5.74) is 9.88. The molecule has 4 N–H and O–H groups in total. The van der Waals surface area contributed by atoms with Crippen LogP contribution < -0.4 is 21.1 Å². The van der Waals surface area contributed by atoms with Crippen LogP contribution in [0, 0.1) is 6.92 Å². The van der Waals surface area contributed by atoms with Crippen molar-refractivity contribution >= 4 is 29.0 Å². The summed E-state index contributed by atoms with van der Waals surface area (Å²) in [6.45, 7) is 3.38. The smallest absolute Gasteiger partial charge is 0.222 e. The van der Waals surface area contributed by atoms with Gasteiger partial charge in [-0.3, -0.25) is 9.78 Å². The van der Waals surface area contributed by atoms with Gasteiger partial charge in [-0.1, -0.05) is 12.1 Å². The summed E-state index contributed by atoms with van der Waals surface area (Å²) in [4.78, 5) is 23.9. The Morgan fingerprint density at radius 2 is 1.62 bits per heavy atom. The van der Waals surface area contributed by atoms with Gasteiger partial charge >= 0.3 is 0 Å². The van der Waals surface area contributed by atoms with Crippen molar-refractivity contribution in [2.24, 2.45) is 0 Å². The van der Waals surface area contributed by atoms with Crippen molar-refractivity contribution in [3.63, 3.8) is 0 Å². The first-order valence-corrected chi connectivity index (χ1v) is 9.95. The largest absolute Gasteiger partial charge is 0.457 e. The molecule has 2 heterocycles. The molecule has 32 heavy (non-hydrogen) atoms. The lowest BCUT2D eigenvalue weighted by Crippen LogP contribution is -2.05. The minimum Gasteiger partial charge on any atom is -0.457 e. The molecule has 8 nitrogen and oxygen atoms in total. The molecule has 2 aromatic heterocycles. The highest BCUT2D eigenvalue weighted by Gasteiger charge is 2.07. The molecule has 0 saturated heterocycles. The summed E-state index contributed by atoms with van der Waals surface area (Å²) in [7, 11) is 0. The molecule has 0 bridgehead atoms. The average molecular weight is 426 g/mol. The Labute approximate surface area is 185 Å². The number of aryl methyl sites for hydroxylation is 1. The zero-order chi connectivity index (χ0) is 22.5. The quantitative estimate of drug-likeness (QED) is 0.401. The molecule has 0 spiro atoms. The van der Waals surface area contributed by atoms with Crippen LogP contribution >= 0.6 is 0 Å². The van der Waals surface area contributed by atoms with Crippen LogP contribution in [-0.2, 0) is 4.79 Å². The number of carbonyl (C=O) groups is 1. The van der Waals surface area contributed by atoms with Gasteiger partial charge in [0.1, 0.15) is 17.3 Å². The molecule has 1 amide bonds. The zero-order valence-corrected chi connectivity index (χ0v) is 17.7. The van der Waals surface area contributed by atoms with Gasteiger partial charge in [0.25, 0.3) is 0 Å². The van der Waals surface area contributed by atoms with Crippen LogP contribution in [0.2, 0.25) is 0 Å². The van der Waals surface area contributed by atoms with Crippen LogP contribution in [0.15, 0.2) is 72.9 Å². The summed E-state index contributed by atoms with van der Waals surface area (Å²) in [6.07, 6.45) is 1.71. The van der Waals surface area contributed by atoms with Gasteiger partial charge in [-0.2, -0.15) is 4.98 Å². The molecular weight excluding hydrogens is 404 g/mol. The number of ether oxygens (including phenoxy) is 1. The molecular formula is C24H22N6O2. The van der Waals surface area contributed by atoms with Crippen molar-refractivity contribution in [3.8, 4) is 22.8 Å². The summed E-state index contributed by atoms with van der Waals surface area (Å²) in [5, 5.41) is 5.98. The van der Waals surface area contributed by atoms with E-state index < -0.39 is 0 Å². The first-order valence-electron chi connectivity index (χ1n) is 9.95. The summed E-state index contributed by atoms with van der Waals surface area (Å²) in [6, 6.07) is 20.4. The number of rotatable bonds is 6. The molecule has 0 aliphatic heterocycles. The lowest BCUT2D eigenvalue weighted by Gasteiger charge is -2.10. The van der Waals surface area contributed by atoms with E-state index in [1.807, 2.05) is 73.7 Å². The third-order valence-corrected chi connectivity index (χ3v) is 4.48. The molecule has 0 fully saturated rings. The number of hydrogen-bond acceptors (Lipinski definition) is 7. The van der Waals surface area contributed by atoms with Crippen LogP contribution in [0.5, 0.6) is 11.5 Å². The minimum atomic E-state index is -0.122. The first-order chi connectivity index (χ1) is 15.4. The molecule has 8 heteroatoms. The predicted molar refractivity (Wildman–Crippen MR) is 125 cm³/mol. The Morgan fingerprint density at radius 1 is 0.906 bits per heavy atom. The van der Waals surface area contributed by atoms with E-state index in [-0.39, 0.29) is 11.9 Å². The van der Waals surface area contributed by atoms with Crippen molar-refractivity contribution in [1.29, 1.82) is 0 Å². The fourth-order valence-electron chi connectivity index (χ4n) is 3.08. The van der Waals surface area contributed by atoms with Gasteiger partial charge in [-0.25, -0.2) is 4.98 Å². The van der Waals surface area contributed by atoms with Gasteiger partial charge in [0.15, 0.2) is 0 Å². The lowest BCUT2D eigenvalue weighted by atomic mass is 10.1. The first kappa shape index (κ1) is 20.8. The van der Waals surface area contributed by atoms with Gasteiger partial charge in [0.2, 0.25) is 11.9 Å². The number of nitrogens with one attached hydrogen (secondary N) is 2. The molecule has 0 saturated carbocycles. The van der Waals surface area contributed by atoms with Crippen LogP contribution in [0.1, 0.15) is 12.6 Å². The minimum absolute atomic E-state index is 0.122. The fraction of sp³-hybridized carbons (Fsp3) is 0.0833. The summed E-state index contributed by atoms with van der Waals surface area (Å²) < 4.78 is 5.85. The monoisotopic (exact) mass is 426 g/mol. The number of amides is 1. The van der Waals surface area contributed by atoms with Crippen LogP contribution in [-0.4, -0.2) is 20.9 Å². The van der Waals surface area contributed by atoms with E-state index in [2.05, 4.69) is 25.6 Å². The Balaban J connectivity index is 1.48. The molecule has 0 radical (unpaired) electrons. The van der Waals surface area contributed by atoms with Crippen molar-refractivity contribution in [3.05, 3.63) is 78.6 Å². The summed E-state index contributed by atoms with van der Waals surface area (Å²) >= 11 is 0. The van der Waals surface area contributed by atoms with Gasteiger partial charge < -0.3 is 21.1 Å². The van der Waals surface area contributed by atoms with E-state index in [0.717, 1.165) is 22.7 Å². The van der Waals surface area contributed by atoms with E-state index in [0.29, 0.717) is 22.9 Å². The van der Waals surface area contributed by atoms with Gasteiger partial charge in [-0.05, 0) is 49.4 Å². The van der Waals surface area contributed by atoms with E-state index in [4.69, 9.17) is 10.5 Å². The van der Waals surface area contributed by atoms with Crippen molar-refractivity contribution in [2.75, 3.05) is 16.4 Å². The van der Waals surface area contributed by atoms with Crippen molar-refractivity contribution < 1.29 is 9.53 Å². The third-order valence-electron chi connectivity index (χ3n) is 4.48. The number of hydrogen-bond donors (Lipinski definition) is 3. The second-order valence-corrected chi connectivity index (χ2v) is 7.14. The van der Waals surface area contributed by atoms with E-state index in [1.54, 1.807) is 6.20 Å². The molecule has 0 aliphatic carbocycles. The Morgan fingerprint density at radius 3 is 2.31 bits per heavy atom. The predicted octanol–water partition coefficient (Wildman–Crippen LogP) is 4.92.